The third kappa shape index (κ3) is 5.40. The molecule has 8 heteroatoms. The van der Waals surface area contributed by atoms with E-state index in [4.69, 9.17) is 4.74 Å². The number of rotatable bonds is 7. The summed E-state index contributed by atoms with van der Waals surface area (Å²) in [6, 6.07) is 17.5. The van der Waals surface area contributed by atoms with Crippen LogP contribution in [0.5, 0.6) is 0 Å². The van der Waals surface area contributed by atoms with Gasteiger partial charge in [0.2, 0.25) is 11.8 Å². The molecule has 0 saturated carbocycles. The van der Waals surface area contributed by atoms with Crippen LogP contribution in [0.1, 0.15) is 35.3 Å². The number of carbonyl (C=O) groups is 3. The Hall–Kier alpha value is -4.20. The molecule has 8 nitrogen and oxygen atoms in total. The molecule has 174 valence electrons. The van der Waals surface area contributed by atoms with Gasteiger partial charge in [0.25, 0.3) is 0 Å². The van der Waals surface area contributed by atoms with Crippen molar-refractivity contribution in [3.05, 3.63) is 95.3 Å². The van der Waals surface area contributed by atoms with Gasteiger partial charge in [-0.3, -0.25) is 19.5 Å². The number of hydrogen-bond donors (Lipinski definition) is 2. The zero-order valence-electron chi connectivity index (χ0n) is 19.0. The predicted molar refractivity (Wildman–Crippen MR) is 127 cm³/mol. The molecule has 2 N–H and O–H groups in total. The highest BCUT2D eigenvalue weighted by molar-refractivity contribution is 5.90. The van der Waals surface area contributed by atoms with Crippen molar-refractivity contribution in [2.45, 2.75) is 39.1 Å². The monoisotopic (exact) mass is 458 g/mol. The Morgan fingerprint density at radius 1 is 1.03 bits per heavy atom. The van der Waals surface area contributed by atoms with Crippen molar-refractivity contribution in [3.8, 4) is 0 Å². The second-order valence-corrected chi connectivity index (χ2v) is 8.24. The van der Waals surface area contributed by atoms with E-state index >= 15 is 0 Å². The number of carbonyl (C=O) groups excluding carboxylic acids is 3. The molecule has 1 saturated heterocycles. The number of ether oxygens (including phenoxy) is 1. The number of benzene rings is 2. The van der Waals surface area contributed by atoms with Crippen LogP contribution in [0.15, 0.2) is 73.1 Å². The van der Waals surface area contributed by atoms with E-state index in [1.807, 2.05) is 37.3 Å². The van der Waals surface area contributed by atoms with Crippen LogP contribution in [0.2, 0.25) is 0 Å². The first-order chi connectivity index (χ1) is 16.4. The standard InChI is InChI=1S/C26H26N4O4/c1-17-5-7-19(8-6-17)16-30-23(25(32)28-15-20-4-3-13-27-14-20)24(34-26(30)33)21-9-11-22(12-10-21)29-18(2)31/h3-14,23-24H,15-16H2,1-2H3,(H,28,32)(H,29,31)/t23-,24-/m1/s1. The van der Waals surface area contributed by atoms with Gasteiger partial charge in [-0.05, 0) is 41.8 Å². The zero-order valence-corrected chi connectivity index (χ0v) is 19.0. The number of aromatic nitrogens is 1. The van der Waals surface area contributed by atoms with Crippen molar-refractivity contribution in [2.24, 2.45) is 0 Å². The first-order valence-corrected chi connectivity index (χ1v) is 11.0. The minimum atomic E-state index is -0.864. The molecular weight excluding hydrogens is 432 g/mol. The molecule has 0 spiro atoms. The van der Waals surface area contributed by atoms with Crippen LogP contribution < -0.4 is 10.6 Å². The van der Waals surface area contributed by atoms with Gasteiger partial charge in [0, 0.05) is 31.5 Å². The normalized spacial score (nSPS) is 17.2. The average molecular weight is 459 g/mol. The molecule has 1 aliphatic heterocycles. The Morgan fingerprint density at radius 2 is 1.76 bits per heavy atom. The van der Waals surface area contributed by atoms with Crippen molar-refractivity contribution in [1.29, 1.82) is 0 Å². The average Bonchev–Trinajstić information content (AvgIpc) is 3.15. The Bertz CT molecular complexity index is 1160. The lowest BCUT2D eigenvalue weighted by molar-refractivity contribution is -0.126. The van der Waals surface area contributed by atoms with Crippen molar-refractivity contribution >= 4 is 23.6 Å². The number of amides is 3. The summed E-state index contributed by atoms with van der Waals surface area (Å²) in [4.78, 5) is 43.1. The van der Waals surface area contributed by atoms with Crippen molar-refractivity contribution in [2.75, 3.05) is 5.32 Å². The number of aryl methyl sites for hydroxylation is 1. The first-order valence-electron chi connectivity index (χ1n) is 11.0. The second-order valence-electron chi connectivity index (χ2n) is 8.24. The van der Waals surface area contributed by atoms with Gasteiger partial charge in [0.15, 0.2) is 12.1 Å². The summed E-state index contributed by atoms with van der Waals surface area (Å²) in [6.07, 6.45) is 1.99. The zero-order chi connectivity index (χ0) is 24.1. The molecule has 0 bridgehead atoms. The lowest BCUT2D eigenvalue weighted by Gasteiger charge is -2.24. The number of hydrogen-bond acceptors (Lipinski definition) is 5. The molecule has 1 fully saturated rings. The fraction of sp³-hybridized carbons (Fsp3) is 0.231. The molecule has 2 aromatic carbocycles. The Balaban J connectivity index is 1.59. The van der Waals surface area contributed by atoms with Crippen LogP contribution in [-0.4, -0.2) is 33.8 Å². The summed E-state index contributed by atoms with van der Waals surface area (Å²) in [7, 11) is 0. The first kappa shape index (κ1) is 23.0. The molecule has 0 radical (unpaired) electrons. The van der Waals surface area contributed by atoms with Gasteiger partial charge >= 0.3 is 6.09 Å². The molecule has 2 atom stereocenters. The maximum atomic E-state index is 13.4. The summed E-state index contributed by atoms with van der Waals surface area (Å²) in [5.41, 5.74) is 4.14. The predicted octanol–water partition coefficient (Wildman–Crippen LogP) is 3.73. The molecule has 2 heterocycles. The van der Waals surface area contributed by atoms with Crippen LogP contribution in [-0.2, 0) is 27.4 Å². The van der Waals surface area contributed by atoms with Crippen molar-refractivity contribution in [3.63, 3.8) is 0 Å². The summed E-state index contributed by atoms with van der Waals surface area (Å²) >= 11 is 0. The van der Waals surface area contributed by atoms with E-state index in [9.17, 15) is 14.4 Å². The minimum absolute atomic E-state index is 0.183. The number of anilines is 1. The van der Waals surface area contributed by atoms with E-state index in [0.29, 0.717) is 11.3 Å². The maximum absolute atomic E-state index is 13.4. The minimum Gasteiger partial charge on any atom is -0.438 e. The Morgan fingerprint density at radius 3 is 2.41 bits per heavy atom. The Labute approximate surface area is 198 Å². The number of nitrogens with zero attached hydrogens (tertiary/aromatic N) is 2. The largest absolute Gasteiger partial charge is 0.438 e. The van der Waals surface area contributed by atoms with Gasteiger partial charge in [0.1, 0.15) is 0 Å². The number of pyridine rings is 1. The van der Waals surface area contributed by atoms with E-state index in [0.717, 1.165) is 16.7 Å². The van der Waals surface area contributed by atoms with Gasteiger partial charge in [-0.25, -0.2) is 4.79 Å². The van der Waals surface area contributed by atoms with Crippen LogP contribution in [0.4, 0.5) is 10.5 Å². The molecule has 4 rings (SSSR count). The van der Waals surface area contributed by atoms with Crippen molar-refractivity contribution < 1.29 is 19.1 Å². The number of nitrogens with one attached hydrogen (secondary N) is 2. The lowest BCUT2D eigenvalue weighted by atomic mass is 10.00. The van der Waals surface area contributed by atoms with Gasteiger partial charge in [-0.2, -0.15) is 0 Å². The lowest BCUT2D eigenvalue weighted by Crippen LogP contribution is -2.46. The smallest absolute Gasteiger partial charge is 0.411 e. The molecule has 3 amide bonds. The van der Waals surface area contributed by atoms with Gasteiger partial charge in [-0.1, -0.05) is 48.0 Å². The highest BCUT2D eigenvalue weighted by Gasteiger charge is 2.46. The second kappa shape index (κ2) is 10.2. The summed E-state index contributed by atoms with van der Waals surface area (Å²) in [5.74, 6) is -0.505. The third-order valence-corrected chi connectivity index (χ3v) is 5.58. The van der Waals surface area contributed by atoms with Crippen LogP contribution in [0, 0.1) is 6.92 Å². The van der Waals surface area contributed by atoms with Gasteiger partial charge < -0.3 is 15.4 Å². The van der Waals surface area contributed by atoms with E-state index in [-0.39, 0.29) is 24.9 Å². The highest BCUT2D eigenvalue weighted by atomic mass is 16.6. The third-order valence-electron chi connectivity index (χ3n) is 5.58. The van der Waals surface area contributed by atoms with E-state index < -0.39 is 18.2 Å². The summed E-state index contributed by atoms with van der Waals surface area (Å²) < 4.78 is 5.69. The van der Waals surface area contributed by atoms with E-state index in [1.54, 1.807) is 42.7 Å². The molecular formula is C26H26N4O4. The maximum Gasteiger partial charge on any atom is 0.411 e. The topological polar surface area (TPSA) is 101 Å². The number of cyclic esters (lactones) is 1. The highest BCUT2D eigenvalue weighted by Crippen LogP contribution is 2.34. The Kier molecular flexibility index (Phi) is 6.87. The van der Waals surface area contributed by atoms with Crippen LogP contribution >= 0.6 is 0 Å². The van der Waals surface area contributed by atoms with Crippen molar-refractivity contribution in [1.82, 2.24) is 15.2 Å². The fourth-order valence-corrected chi connectivity index (χ4v) is 3.86. The fourth-order valence-electron chi connectivity index (χ4n) is 3.86. The molecule has 0 aliphatic carbocycles. The van der Waals surface area contributed by atoms with Gasteiger partial charge in [0.05, 0.1) is 6.54 Å². The quantitative estimate of drug-likeness (QED) is 0.562. The molecule has 1 aromatic heterocycles. The molecule has 0 unspecified atom stereocenters. The molecule has 1 aliphatic rings. The van der Waals surface area contributed by atoms with E-state index in [1.165, 1.54) is 11.8 Å². The van der Waals surface area contributed by atoms with Crippen LogP contribution in [0.25, 0.3) is 0 Å². The SMILES string of the molecule is CC(=O)Nc1ccc([C@H]2OC(=O)N(Cc3ccc(C)cc3)[C@H]2C(=O)NCc2cccnc2)cc1. The van der Waals surface area contributed by atoms with Gasteiger partial charge in [-0.15, -0.1) is 0 Å². The van der Waals surface area contributed by atoms with Crippen LogP contribution in [0.3, 0.4) is 0 Å². The van der Waals surface area contributed by atoms with E-state index in [2.05, 4.69) is 15.6 Å². The molecule has 3 aromatic rings. The summed E-state index contributed by atoms with van der Waals surface area (Å²) in [6.45, 7) is 3.94. The molecule has 34 heavy (non-hydrogen) atoms. The summed E-state index contributed by atoms with van der Waals surface area (Å²) in [5, 5.41) is 5.62.